The van der Waals surface area contributed by atoms with Crippen LogP contribution in [0.2, 0.25) is 5.02 Å². The van der Waals surface area contributed by atoms with E-state index in [2.05, 4.69) is 10.1 Å². The summed E-state index contributed by atoms with van der Waals surface area (Å²) in [5.41, 5.74) is 1.97. The second-order valence-corrected chi connectivity index (χ2v) is 8.45. The summed E-state index contributed by atoms with van der Waals surface area (Å²) >= 11 is 6.55. The van der Waals surface area contributed by atoms with E-state index in [0.717, 1.165) is 11.1 Å². The molecule has 176 valence electrons. The largest absolute Gasteiger partial charge is 0.497 e. The number of hydrogen-bond acceptors (Lipinski definition) is 6. The zero-order valence-corrected chi connectivity index (χ0v) is 19.4. The number of nitro groups is 1. The lowest BCUT2D eigenvalue weighted by atomic mass is 9.91. The zero-order valence-electron chi connectivity index (χ0n) is 18.6. The first kappa shape index (κ1) is 22.5. The van der Waals surface area contributed by atoms with Gasteiger partial charge in [-0.3, -0.25) is 19.8 Å². The summed E-state index contributed by atoms with van der Waals surface area (Å²) in [5.74, 6) is 0.724. The molecule has 1 aromatic heterocycles. The summed E-state index contributed by atoms with van der Waals surface area (Å²) in [6.07, 6.45) is 1.90. The predicted octanol–water partition coefficient (Wildman–Crippen LogP) is 5.23. The van der Waals surface area contributed by atoms with Crippen LogP contribution in [0.5, 0.6) is 5.75 Å². The summed E-state index contributed by atoms with van der Waals surface area (Å²) in [6.45, 7) is 0. The van der Waals surface area contributed by atoms with Crippen molar-refractivity contribution in [1.29, 1.82) is 0 Å². The molecule has 1 aliphatic rings. The Kier molecular flexibility index (Phi) is 5.92. The number of carbonyl (C=O) groups excluding carboxylic acids is 1. The molecule has 0 fully saturated rings. The molecule has 10 heteroatoms. The number of benzene rings is 3. The van der Waals surface area contributed by atoms with Crippen LogP contribution in [0.1, 0.15) is 40.0 Å². The van der Waals surface area contributed by atoms with Crippen LogP contribution in [0, 0.1) is 10.1 Å². The van der Waals surface area contributed by atoms with Gasteiger partial charge in [0.05, 0.1) is 24.1 Å². The molecule has 1 amide bonds. The molecule has 0 aliphatic carbocycles. The highest BCUT2D eigenvalue weighted by atomic mass is 35.5. The molecule has 5 rings (SSSR count). The minimum atomic E-state index is -0.500. The monoisotopic (exact) mass is 489 g/mol. The lowest BCUT2D eigenvalue weighted by Crippen LogP contribution is -2.42. The third-order valence-corrected chi connectivity index (χ3v) is 6.48. The van der Waals surface area contributed by atoms with Gasteiger partial charge in [-0.15, -0.1) is 0 Å². The van der Waals surface area contributed by atoms with E-state index in [1.165, 1.54) is 30.6 Å². The van der Waals surface area contributed by atoms with E-state index in [4.69, 9.17) is 16.3 Å². The van der Waals surface area contributed by atoms with Gasteiger partial charge in [0, 0.05) is 22.7 Å². The van der Waals surface area contributed by atoms with Crippen molar-refractivity contribution in [3.8, 4) is 5.75 Å². The average Bonchev–Trinajstić information content (AvgIpc) is 3.38. The number of carbonyl (C=O) groups is 1. The van der Waals surface area contributed by atoms with Crippen LogP contribution in [0.4, 0.5) is 11.6 Å². The number of aromatic nitrogens is 3. The highest BCUT2D eigenvalue weighted by molar-refractivity contribution is 6.31. The van der Waals surface area contributed by atoms with Gasteiger partial charge in [-0.05, 0) is 47.9 Å². The normalized spacial score (nSPS) is 17.0. The maximum absolute atomic E-state index is 13.8. The number of anilines is 1. The smallest absolute Gasteiger partial charge is 0.269 e. The number of fused-ring (bicyclic) bond motifs is 1. The van der Waals surface area contributed by atoms with E-state index in [9.17, 15) is 14.9 Å². The van der Waals surface area contributed by atoms with Crippen molar-refractivity contribution in [2.45, 2.75) is 18.5 Å². The molecule has 0 spiro atoms. The molecule has 3 aromatic carbocycles. The Bertz CT molecular complexity index is 1390. The summed E-state index contributed by atoms with van der Waals surface area (Å²) in [7, 11) is 1.59. The van der Waals surface area contributed by atoms with Gasteiger partial charge in [0.15, 0.2) is 0 Å². The van der Waals surface area contributed by atoms with Gasteiger partial charge in [-0.1, -0.05) is 41.9 Å². The molecular weight excluding hydrogens is 470 g/mol. The van der Waals surface area contributed by atoms with Gasteiger partial charge in [-0.25, -0.2) is 4.68 Å². The van der Waals surface area contributed by atoms with Crippen molar-refractivity contribution in [3.05, 3.63) is 111 Å². The molecule has 0 unspecified atom stereocenters. The molecule has 4 aromatic rings. The number of rotatable bonds is 5. The maximum atomic E-state index is 13.8. The molecular formula is C25H20ClN5O4. The first-order chi connectivity index (χ1) is 17.0. The summed E-state index contributed by atoms with van der Waals surface area (Å²) in [5, 5.41) is 16.1. The molecule has 0 radical (unpaired) electrons. The third-order valence-electron chi connectivity index (χ3n) is 6.13. The minimum absolute atomic E-state index is 0.0890. The van der Waals surface area contributed by atoms with E-state index in [-0.39, 0.29) is 17.6 Å². The number of ether oxygens (including phenoxy) is 1. The van der Waals surface area contributed by atoms with Crippen molar-refractivity contribution in [2.24, 2.45) is 0 Å². The van der Waals surface area contributed by atoms with Crippen molar-refractivity contribution >= 4 is 29.1 Å². The predicted molar refractivity (Wildman–Crippen MR) is 130 cm³/mol. The summed E-state index contributed by atoms with van der Waals surface area (Å²) in [6, 6.07) is 19.9. The SMILES string of the molecule is COc1ccc([C@H]2C[C@H](c3ccccc3Cl)n3ncnc3N2C(=O)c2ccc([N+](=O)[O-])cc2)cc1. The van der Waals surface area contributed by atoms with Gasteiger partial charge >= 0.3 is 0 Å². The van der Waals surface area contributed by atoms with Crippen LogP contribution in [0.3, 0.4) is 0 Å². The first-order valence-corrected chi connectivity index (χ1v) is 11.2. The molecule has 1 aliphatic heterocycles. The van der Waals surface area contributed by atoms with Gasteiger partial charge in [0.25, 0.3) is 11.6 Å². The number of amides is 1. The van der Waals surface area contributed by atoms with E-state index in [0.29, 0.717) is 28.7 Å². The Labute approximate surface area is 205 Å². The van der Waals surface area contributed by atoms with E-state index >= 15 is 0 Å². The minimum Gasteiger partial charge on any atom is -0.497 e. The number of hydrogen-bond donors (Lipinski definition) is 0. The number of nitrogens with zero attached hydrogens (tertiary/aromatic N) is 5. The number of nitro benzene ring substituents is 1. The molecule has 0 N–H and O–H groups in total. The fourth-order valence-corrected chi connectivity index (χ4v) is 4.67. The Hall–Kier alpha value is -4.24. The van der Waals surface area contributed by atoms with Crippen molar-refractivity contribution in [3.63, 3.8) is 0 Å². The molecule has 0 saturated heterocycles. The van der Waals surface area contributed by atoms with Crippen LogP contribution < -0.4 is 9.64 Å². The van der Waals surface area contributed by atoms with Crippen molar-refractivity contribution in [2.75, 3.05) is 12.0 Å². The highest BCUT2D eigenvalue weighted by Gasteiger charge is 2.40. The Morgan fingerprint density at radius 3 is 2.43 bits per heavy atom. The molecule has 0 bridgehead atoms. The summed E-state index contributed by atoms with van der Waals surface area (Å²) in [4.78, 5) is 30.4. The van der Waals surface area contributed by atoms with Crippen LogP contribution in [-0.2, 0) is 0 Å². The third kappa shape index (κ3) is 4.10. The lowest BCUT2D eigenvalue weighted by Gasteiger charge is -2.39. The fraction of sp³-hybridized carbons (Fsp3) is 0.160. The number of halogens is 1. The zero-order chi connectivity index (χ0) is 24.5. The van der Waals surface area contributed by atoms with Gasteiger partial charge in [0.1, 0.15) is 12.1 Å². The fourth-order valence-electron chi connectivity index (χ4n) is 4.40. The van der Waals surface area contributed by atoms with Crippen molar-refractivity contribution < 1.29 is 14.5 Å². The first-order valence-electron chi connectivity index (χ1n) is 10.8. The van der Waals surface area contributed by atoms with E-state index in [1.54, 1.807) is 16.7 Å². The number of methoxy groups -OCH3 is 1. The topological polar surface area (TPSA) is 103 Å². The quantitative estimate of drug-likeness (QED) is 0.281. The second-order valence-electron chi connectivity index (χ2n) is 8.05. The Morgan fingerprint density at radius 2 is 1.77 bits per heavy atom. The van der Waals surface area contributed by atoms with Gasteiger partial charge < -0.3 is 4.74 Å². The Balaban J connectivity index is 1.63. The molecule has 2 heterocycles. The molecule has 35 heavy (non-hydrogen) atoms. The van der Waals surface area contributed by atoms with Crippen LogP contribution >= 0.6 is 11.6 Å². The van der Waals surface area contributed by atoms with Crippen LogP contribution in [0.25, 0.3) is 0 Å². The van der Waals surface area contributed by atoms with Crippen LogP contribution in [0.15, 0.2) is 79.1 Å². The molecule has 0 saturated carbocycles. The maximum Gasteiger partial charge on any atom is 0.269 e. The van der Waals surface area contributed by atoms with Gasteiger partial charge in [0.2, 0.25) is 5.95 Å². The average molecular weight is 490 g/mol. The Morgan fingerprint density at radius 1 is 1.06 bits per heavy atom. The molecule has 2 atom stereocenters. The van der Waals surface area contributed by atoms with Crippen molar-refractivity contribution in [1.82, 2.24) is 14.8 Å². The number of non-ortho nitro benzene ring substituents is 1. The van der Waals surface area contributed by atoms with E-state index in [1.807, 2.05) is 48.5 Å². The van der Waals surface area contributed by atoms with Gasteiger partial charge in [-0.2, -0.15) is 10.1 Å². The standard InChI is InChI=1S/C25H20ClN5O4/c1-35-19-12-8-16(9-13-19)22-14-23(20-4-2-3-5-21(20)26)30-25(27-15-28-30)29(22)24(32)17-6-10-18(11-7-17)31(33)34/h2-13,15,22-23H,14H2,1H3/t22-,23-/m1/s1. The van der Waals surface area contributed by atoms with E-state index < -0.39 is 11.0 Å². The highest BCUT2D eigenvalue weighted by Crippen LogP contribution is 2.44. The summed E-state index contributed by atoms with van der Waals surface area (Å²) < 4.78 is 7.00. The van der Waals surface area contributed by atoms with Crippen LogP contribution in [-0.4, -0.2) is 32.7 Å². The second kappa shape index (κ2) is 9.19. The lowest BCUT2D eigenvalue weighted by molar-refractivity contribution is -0.384. The molecule has 9 nitrogen and oxygen atoms in total.